The van der Waals surface area contributed by atoms with E-state index in [1.54, 1.807) is 11.0 Å². The number of hydrogen-bond acceptors (Lipinski definition) is 4. The first-order valence-electron chi connectivity index (χ1n) is 6.08. The molecule has 6 nitrogen and oxygen atoms in total. The summed E-state index contributed by atoms with van der Waals surface area (Å²) >= 11 is 0. The second-order valence-electron chi connectivity index (χ2n) is 4.53. The highest BCUT2D eigenvalue weighted by Gasteiger charge is 2.22. The summed E-state index contributed by atoms with van der Waals surface area (Å²) in [5.41, 5.74) is 1.68. The second-order valence-corrected chi connectivity index (χ2v) is 4.53. The number of nitrogens with zero attached hydrogens (tertiary/aromatic N) is 1. The molecule has 0 atom stereocenters. The normalized spacial score (nSPS) is 16.4. The van der Waals surface area contributed by atoms with E-state index in [0.717, 1.165) is 17.2 Å². The molecular formula is C14H14N2O4. The van der Waals surface area contributed by atoms with Gasteiger partial charge in [0.2, 0.25) is 11.8 Å². The Hall–Kier alpha value is -2.47. The number of imide groups is 1. The third-order valence-electron chi connectivity index (χ3n) is 2.79. The van der Waals surface area contributed by atoms with Gasteiger partial charge in [-0.05, 0) is 17.2 Å². The highest BCUT2D eigenvalue weighted by molar-refractivity contribution is 5.99. The maximum absolute atomic E-state index is 11.3. The summed E-state index contributed by atoms with van der Waals surface area (Å²) < 4.78 is 0. The number of piperazine rings is 1. The van der Waals surface area contributed by atoms with Crippen LogP contribution in [0.3, 0.4) is 0 Å². The molecule has 1 aromatic carbocycles. The van der Waals surface area contributed by atoms with E-state index in [9.17, 15) is 14.4 Å². The summed E-state index contributed by atoms with van der Waals surface area (Å²) in [6.07, 6.45) is 2.57. The molecule has 2 rings (SSSR count). The summed E-state index contributed by atoms with van der Waals surface area (Å²) in [6.45, 7) is 0.829. The predicted molar refractivity (Wildman–Crippen MR) is 71.5 cm³/mol. The highest BCUT2D eigenvalue weighted by atomic mass is 16.4. The van der Waals surface area contributed by atoms with E-state index in [1.165, 1.54) is 6.08 Å². The zero-order valence-electron chi connectivity index (χ0n) is 10.7. The average molecular weight is 274 g/mol. The van der Waals surface area contributed by atoms with E-state index in [-0.39, 0.29) is 24.9 Å². The van der Waals surface area contributed by atoms with Crippen LogP contribution in [-0.4, -0.2) is 40.9 Å². The molecule has 6 heteroatoms. The van der Waals surface area contributed by atoms with Gasteiger partial charge in [0.05, 0.1) is 13.1 Å². The number of amides is 2. The van der Waals surface area contributed by atoms with Gasteiger partial charge >= 0.3 is 5.97 Å². The number of carbonyl (C=O) groups is 3. The van der Waals surface area contributed by atoms with Gasteiger partial charge in [-0.25, -0.2) is 4.79 Å². The molecule has 20 heavy (non-hydrogen) atoms. The van der Waals surface area contributed by atoms with E-state index in [2.05, 4.69) is 5.32 Å². The van der Waals surface area contributed by atoms with Crippen LogP contribution < -0.4 is 5.32 Å². The Balaban J connectivity index is 2.06. The molecule has 1 aliphatic rings. The lowest BCUT2D eigenvalue weighted by Crippen LogP contribution is -2.50. The highest BCUT2D eigenvalue weighted by Crippen LogP contribution is 2.10. The number of nitrogens with one attached hydrogen (secondary N) is 1. The van der Waals surface area contributed by atoms with Crippen molar-refractivity contribution in [1.29, 1.82) is 0 Å². The molecule has 0 bridgehead atoms. The van der Waals surface area contributed by atoms with E-state index in [0.29, 0.717) is 6.54 Å². The lowest BCUT2D eigenvalue weighted by atomic mass is 10.1. The number of carboxylic acid groups (broad SMARTS) is 1. The number of rotatable bonds is 4. The van der Waals surface area contributed by atoms with Crippen LogP contribution >= 0.6 is 0 Å². The van der Waals surface area contributed by atoms with Gasteiger partial charge in [0, 0.05) is 12.6 Å². The first kappa shape index (κ1) is 14.0. The number of aliphatic carboxylic acids is 1. The fourth-order valence-corrected chi connectivity index (χ4v) is 2.03. The fraction of sp³-hybridized carbons (Fsp3) is 0.214. The van der Waals surface area contributed by atoms with Crippen molar-refractivity contribution in [2.75, 3.05) is 13.1 Å². The Labute approximate surface area is 115 Å². The third kappa shape index (κ3) is 4.03. The zero-order valence-corrected chi connectivity index (χ0v) is 10.7. The van der Waals surface area contributed by atoms with Crippen LogP contribution in [0, 0.1) is 0 Å². The molecule has 1 heterocycles. The minimum Gasteiger partial charge on any atom is -0.478 e. The Morgan fingerprint density at radius 1 is 1.30 bits per heavy atom. The van der Waals surface area contributed by atoms with Crippen molar-refractivity contribution < 1.29 is 19.5 Å². The largest absolute Gasteiger partial charge is 0.478 e. The molecule has 0 spiro atoms. The van der Waals surface area contributed by atoms with Crippen LogP contribution in [-0.2, 0) is 20.9 Å². The van der Waals surface area contributed by atoms with Crippen LogP contribution in [0.1, 0.15) is 11.1 Å². The van der Waals surface area contributed by atoms with Crippen molar-refractivity contribution in [2.45, 2.75) is 6.54 Å². The molecule has 2 amide bonds. The maximum Gasteiger partial charge on any atom is 0.328 e. The molecule has 1 aliphatic heterocycles. The smallest absolute Gasteiger partial charge is 0.328 e. The van der Waals surface area contributed by atoms with Crippen molar-refractivity contribution in [3.63, 3.8) is 0 Å². The van der Waals surface area contributed by atoms with Crippen molar-refractivity contribution in [3.05, 3.63) is 41.5 Å². The molecular weight excluding hydrogens is 260 g/mol. The molecule has 1 fully saturated rings. The van der Waals surface area contributed by atoms with E-state index in [4.69, 9.17) is 5.11 Å². The Bertz CT molecular complexity index is 564. The number of carbonyl (C=O) groups excluding carboxylic acids is 2. The van der Waals surface area contributed by atoms with Crippen molar-refractivity contribution in [3.8, 4) is 0 Å². The van der Waals surface area contributed by atoms with Gasteiger partial charge in [0.1, 0.15) is 0 Å². The van der Waals surface area contributed by atoms with Crippen LogP contribution in [0.2, 0.25) is 0 Å². The van der Waals surface area contributed by atoms with Gasteiger partial charge in [0.15, 0.2) is 0 Å². The number of hydrogen-bond donors (Lipinski definition) is 2. The molecule has 2 N–H and O–H groups in total. The van der Waals surface area contributed by atoms with Crippen molar-refractivity contribution >= 4 is 23.9 Å². The van der Waals surface area contributed by atoms with Gasteiger partial charge in [0.25, 0.3) is 0 Å². The summed E-state index contributed by atoms with van der Waals surface area (Å²) in [7, 11) is 0. The molecule has 0 aromatic heterocycles. The van der Waals surface area contributed by atoms with Crippen LogP contribution in [0.4, 0.5) is 0 Å². The number of benzene rings is 1. The van der Waals surface area contributed by atoms with Gasteiger partial charge in [-0.2, -0.15) is 0 Å². The van der Waals surface area contributed by atoms with Crippen molar-refractivity contribution in [1.82, 2.24) is 10.2 Å². The lowest BCUT2D eigenvalue weighted by molar-refractivity contribution is -0.136. The summed E-state index contributed by atoms with van der Waals surface area (Å²) in [5.74, 6) is -1.61. The zero-order chi connectivity index (χ0) is 14.5. The van der Waals surface area contributed by atoms with Gasteiger partial charge in [-0.15, -0.1) is 0 Å². The monoisotopic (exact) mass is 274 g/mol. The minimum atomic E-state index is -1.01. The fourth-order valence-electron chi connectivity index (χ4n) is 2.03. The van der Waals surface area contributed by atoms with Gasteiger partial charge in [-0.1, -0.05) is 24.3 Å². The van der Waals surface area contributed by atoms with Gasteiger partial charge < -0.3 is 5.11 Å². The molecule has 104 valence electrons. The molecule has 0 saturated carbocycles. The van der Waals surface area contributed by atoms with Crippen LogP contribution in [0.15, 0.2) is 30.3 Å². The SMILES string of the molecule is O=C(O)C=Cc1cccc(CN2CC(=O)NC(=O)C2)c1. The third-order valence-corrected chi connectivity index (χ3v) is 2.79. The Morgan fingerprint density at radius 3 is 2.65 bits per heavy atom. The van der Waals surface area contributed by atoms with Crippen molar-refractivity contribution in [2.24, 2.45) is 0 Å². The summed E-state index contributed by atoms with van der Waals surface area (Å²) in [5, 5.41) is 10.8. The predicted octanol–water partition coefficient (Wildman–Crippen LogP) is 0.243. The molecule has 0 unspecified atom stereocenters. The van der Waals surface area contributed by atoms with E-state index >= 15 is 0 Å². The topological polar surface area (TPSA) is 86.7 Å². The first-order chi connectivity index (χ1) is 9.52. The Morgan fingerprint density at radius 2 is 2.00 bits per heavy atom. The first-order valence-corrected chi connectivity index (χ1v) is 6.08. The summed E-state index contributed by atoms with van der Waals surface area (Å²) in [6, 6.07) is 7.30. The molecule has 0 radical (unpaired) electrons. The Kier molecular flexibility index (Phi) is 4.27. The van der Waals surface area contributed by atoms with Gasteiger partial charge in [-0.3, -0.25) is 19.8 Å². The molecule has 1 saturated heterocycles. The standard InChI is InChI=1S/C14H14N2O4/c17-12-8-16(9-13(18)15-12)7-11-3-1-2-10(6-11)4-5-14(19)20/h1-6H,7-9H2,(H,19,20)(H,15,17,18). The quantitative estimate of drug-likeness (QED) is 0.607. The molecule has 0 aliphatic carbocycles. The maximum atomic E-state index is 11.3. The number of carboxylic acids is 1. The van der Waals surface area contributed by atoms with E-state index in [1.807, 2.05) is 18.2 Å². The van der Waals surface area contributed by atoms with E-state index < -0.39 is 5.97 Å². The minimum absolute atomic E-state index is 0.181. The lowest BCUT2D eigenvalue weighted by Gasteiger charge is -2.25. The van der Waals surface area contributed by atoms with Crippen LogP contribution in [0.5, 0.6) is 0 Å². The second kappa shape index (κ2) is 6.12. The molecule has 1 aromatic rings. The summed E-state index contributed by atoms with van der Waals surface area (Å²) in [4.78, 5) is 34.7. The van der Waals surface area contributed by atoms with Crippen LogP contribution in [0.25, 0.3) is 6.08 Å². The average Bonchev–Trinajstić information content (AvgIpc) is 2.35.